The quantitative estimate of drug-likeness (QED) is 0.795. The Morgan fingerprint density at radius 1 is 1.06 bits per heavy atom. The van der Waals surface area contributed by atoms with E-state index in [2.05, 4.69) is 6.92 Å². The van der Waals surface area contributed by atoms with E-state index in [1.807, 2.05) is 0 Å². The fourth-order valence-electron chi connectivity index (χ4n) is 3.55. The first-order valence-electron chi connectivity index (χ1n) is 7.50. The van der Waals surface area contributed by atoms with Crippen molar-refractivity contribution < 1.29 is 10.2 Å². The van der Waals surface area contributed by atoms with Gasteiger partial charge in [-0.3, -0.25) is 0 Å². The van der Waals surface area contributed by atoms with Gasteiger partial charge in [0.2, 0.25) is 0 Å². The van der Waals surface area contributed by atoms with E-state index in [1.165, 1.54) is 32.1 Å². The van der Waals surface area contributed by atoms with Gasteiger partial charge in [-0.1, -0.05) is 39.0 Å². The molecule has 2 aliphatic carbocycles. The van der Waals surface area contributed by atoms with Crippen LogP contribution < -0.4 is 0 Å². The summed E-state index contributed by atoms with van der Waals surface area (Å²) in [4.78, 5) is 0. The summed E-state index contributed by atoms with van der Waals surface area (Å²) in [6, 6.07) is 0. The molecule has 0 amide bonds. The molecule has 17 heavy (non-hydrogen) atoms. The lowest BCUT2D eigenvalue weighted by molar-refractivity contribution is -0.111. The number of hydrogen-bond acceptors (Lipinski definition) is 2. The normalized spacial score (nSPS) is 37.9. The largest absolute Gasteiger partial charge is 0.390 e. The van der Waals surface area contributed by atoms with Crippen LogP contribution in [0.1, 0.15) is 71.1 Å². The van der Waals surface area contributed by atoms with Crippen molar-refractivity contribution in [3.63, 3.8) is 0 Å². The number of hydrogen-bond donors (Lipinski definition) is 2. The Kier molecular flexibility index (Phi) is 4.48. The topological polar surface area (TPSA) is 40.5 Å². The van der Waals surface area contributed by atoms with Gasteiger partial charge in [-0.15, -0.1) is 0 Å². The SMILES string of the molecule is CC1CCC(O)(C(O)CC2CCCCC2)CC1. The van der Waals surface area contributed by atoms with Gasteiger partial charge in [-0.25, -0.2) is 0 Å². The second kappa shape index (κ2) is 5.71. The van der Waals surface area contributed by atoms with Gasteiger partial charge in [-0.05, 0) is 43.9 Å². The van der Waals surface area contributed by atoms with Crippen LogP contribution in [0.3, 0.4) is 0 Å². The van der Waals surface area contributed by atoms with Crippen LogP contribution in [0.5, 0.6) is 0 Å². The molecule has 0 heterocycles. The van der Waals surface area contributed by atoms with Crippen molar-refractivity contribution in [2.75, 3.05) is 0 Å². The van der Waals surface area contributed by atoms with Gasteiger partial charge >= 0.3 is 0 Å². The van der Waals surface area contributed by atoms with E-state index in [0.29, 0.717) is 5.92 Å². The lowest BCUT2D eigenvalue weighted by atomic mass is 9.73. The molecule has 1 unspecified atom stereocenters. The van der Waals surface area contributed by atoms with Crippen LogP contribution in [0.2, 0.25) is 0 Å². The van der Waals surface area contributed by atoms with Crippen molar-refractivity contribution in [2.45, 2.75) is 82.8 Å². The van der Waals surface area contributed by atoms with Crippen molar-refractivity contribution in [3.8, 4) is 0 Å². The molecule has 2 heteroatoms. The van der Waals surface area contributed by atoms with Gasteiger partial charge in [-0.2, -0.15) is 0 Å². The highest BCUT2D eigenvalue weighted by molar-refractivity contribution is 4.91. The molecule has 2 aliphatic rings. The van der Waals surface area contributed by atoms with Crippen LogP contribution in [0.25, 0.3) is 0 Å². The summed E-state index contributed by atoms with van der Waals surface area (Å²) in [5, 5.41) is 20.9. The molecule has 2 N–H and O–H groups in total. The van der Waals surface area contributed by atoms with E-state index in [9.17, 15) is 10.2 Å². The summed E-state index contributed by atoms with van der Waals surface area (Å²) in [7, 11) is 0. The first-order chi connectivity index (χ1) is 8.10. The number of rotatable bonds is 3. The minimum Gasteiger partial charge on any atom is -0.390 e. The molecule has 0 bridgehead atoms. The van der Waals surface area contributed by atoms with Gasteiger partial charge in [0.25, 0.3) is 0 Å². The summed E-state index contributed by atoms with van der Waals surface area (Å²) >= 11 is 0. The van der Waals surface area contributed by atoms with E-state index in [-0.39, 0.29) is 0 Å². The van der Waals surface area contributed by atoms with Gasteiger partial charge in [0.1, 0.15) is 0 Å². The average Bonchev–Trinajstić information content (AvgIpc) is 2.34. The molecule has 0 aromatic heterocycles. The predicted molar refractivity (Wildman–Crippen MR) is 69.8 cm³/mol. The third kappa shape index (κ3) is 3.45. The zero-order chi connectivity index (χ0) is 12.3. The molecule has 0 radical (unpaired) electrons. The van der Waals surface area contributed by atoms with E-state index in [1.54, 1.807) is 0 Å². The minimum absolute atomic E-state index is 0.488. The molecular weight excluding hydrogens is 212 g/mol. The third-order valence-corrected chi connectivity index (χ3v) is 5.04. The Bertz CT molecular complexity index is 225. The smallest absolute Gasteiger partial charge is 0.0905 e. The third-order valence-electron chi connectivity index (χ3n) is 5.04. The Morgan fingerprint density at radius 3 is 2.24 bits per heavy atom. The highest BCUT2D eigenvalue weighted by atomic mass is 16.3. The Labute approximate surface area is 105 Å². The van der Waals surface area contributed by atoms with Crippen LogP contribution in [0.4, 0.5) is 0 Å². The Balaban J connectivity index is 1.83. The molecule has 0 saturated heterocycles. The van der Waals surface area contributed by atoms with E-state index in [0.717, 1.165) is 38.0 Å². The van der Waals surface area contributed by atoms with E-state index >= 15 is 0 Å². The summed E-state index contributed by atoms with van der Waals surface area (Å²) in [6.07, 6.45) is 10.5. The van der Waals surface area contributed by atoms with Gasteiger partial charge in [0.05, 0.1) is 11.7 Å². The second-order valence-corrected chi connectivity index (χ2v) is 6.54. The van der Waals surface area contributed by atoms with Crippen molar-refractivity contribution in [1.29, 1.82) is 0 Å². The molecule has 2 rings (SSSR count). The maximum absolute atomic E-state index is 10.5. The highest BCUT2D eigenvalue weighted by Gasteiger charge is 2.39. The monoisotopic (exact) mass is 240 g/mol. The van der Waals surface area contributed by atoms with Crippen molar-refractivity contribution >= 4 is 0 Å². The number of aliphatic hydroxyl groups is 2. The summed E-state index contributed by atoms with van der Waals surface area (Å²) < 4.78 is 0. The molecule has 1 atom stereocenters. The van der Waals surface area contributed by atoms with Crippen molar-refractivity contribution in [3.05, 3.63) is 0 Å². The molecule has 2 fully saturated rings. The van der Waals surface area contributed by atoms with E-state index < -0.39 is 11.7 Å². The van der Waals surface area contributed by atoms with Crippen molar-refractivity contribution in [1.82, 2.24) is 0 Å². The molecular formula is C15H28O2. The van der Waals surface area contributed by atoms with Crippen LogP contribution in [-0.2, 0) is 0 Å². The molecule has 0 aliphatic heterocycles. The zero-order valence-corrected chi connectivity index (χ0v) is 11.2. The average molecular weight is 240 g/mol. The van der Waals surface area contributed by atoms with Crippen molar-refractivity contribution in [2.24, 2.45) is 11.8 Å². The van der Waals surface area contributed by atoms with Crippen LogP contribution in [0, 0.1) is 11.8 Å². The molecule has 100 valence electrons. The summed E-state index contributed by atoms with van der Waals surface area (Å²) in [6.45, 7) is 2.24. The zero-order valence-electron chi connectivity index (χ0n) is 11.2. The van der Waals surface area contributed by atoms with E-state index in [4.69, 9.17) is 0 Å². The fourth-order valence-corrected chi connectivity index (χ4v) is 3.55. The Morgan fingerprint density at radius 2 is 1.65 bits per heavy atom. The molecule has 0 aromatic carbocycles. The summed E-state index contributed by atoms with van der Waals surface area (Å²) in [5.74, 6) is 1.37. The highest BCUT2D eigenvalue weighted by Crippen LogP contribution is 2.38. The molecule has 0 spiro atoms. The van der Waals surface area contributed by atoms with Gasteiger partial charge < -0.3 is 10.2 Å². The molecule has 2 saturated carbocycles. The van der Waals surface area contributed by atoms with Gasteiger partial charge in [0.15, 0.2) is 0 Å². The second-order valence-electron chi connectivity index (χ2n) is 6.54. The first-order valence-corrected chi connectivity index (χ1v) is 7.50. The first kappa shape index (κ1) is 13.4. The lowest BCUT2D eigenvalue weighted by Gasteiger charge is -2.40. The number of aliphatic hydroxyl groups excluding tert-OH is 1. The van der Waals surface area contributed by atoms with Crippen LogP contribution in [0.15, 0.2) is 0 Å². The predicted octanol–water partition coefficient (Wildman–Crippen LogP) is 3.26. The maximum Gasteiger partial charge on any atom is 0.0905 e. The maximum atomic E-state index is 10.5. The summed E-state index contributed by atoms with van der Waals surface area (Å²) in [5.41, 5.74) is -0.774. The standard InChI is InChI=1S/C15H28O2/c1-12-7-9-15(17,10-8-12)14(16)11-13-5-3-2-4-6-13/h12-14,16-17H,2-11H2,1H3. The fraction of sp³-hybridized carbons (Fsp3) is 1.00. The van der Waals surface area contributed by atoms with Crippen LogP contribution in [-0.4, -0.2) is 21.9 Å². The Hall–Kier alpha value is -0.0800. The lowest BCUT2D eigenvalue weighted by Crippen LogP contribution is -2.46. The van der Waals surface area contributed by atoms with Crippen LogP contribution >= 0.6 is 0 Å². The molecule has 0 aromatic rings. The minimum atomic E-state index is -0.774. The molecule has 2 nitrogen and oxygen atoms in total. The van der Waals surface area contributed by atoms with Gasteiger partial charge in [0, 0.05) is 0 Å².